The van der Waals surface area contributed by atoms with Crippen molar-refractivity contribution in [3.05, 3.63) is 40.6 Å². The molecule has 1 aliphatic rings. The second-order valence-corrected chi connectivity index (χ2v) is 8.53. The highest BCUT2D eigenvalue weighted by atomic mass is 32.2. The quantitative estimate of drug-likeness (QED) is 0.564. The molecule has 0 bridgehead atoms. The Kier molecular flexibility index (Phi) is 6.15. The third kappa shape index (κ3) is 4.64. The number of carbonyl (C=O) groups is 2. The molecule has 0 aromatic heterocycles. The zero-order chi connectivity index (χ0) is 19.7. The normalized spacial score (nSPS) is 18.9. The molecule has 0 atom stereocenters. The zero-order valence-electron chi connectivity index (χ0n) is 16.0. The lowest BCUT2D eigenvalue weighted by atomic mass is 9.78. The van der Waals surface area contributed by atoms with E-state index in [1.807, 2.05) is 27.7 Å². The van der Waals surface area contributed by atoms with Crippen molar-refractivity contribution in [2.24, 2.45) is 0 Å². The minimum Gasteiger partial charge on any atom is -0.400 e. The van der Waals surface area contributed by atoms with E-state index in [1.54, 1.807) is 6.08 Å². The molecule has 0 unspecified atom stereocenters. The maximum Gasteiger partial charge on any atom is 0.491 e. The van der Waals surface area contributed by atoms with Crippen LogP contribution in [-0.2, 0) is 14.1 Å². The van der Waals surface area contributed by atoms with Crippen LogP contribution in [-0.4, -0.2) is 35.0 Å². The van der Waals surface area contributed by atoms with Crippen molar-refractivity contribution in [3.8, 4) is 0 Å². The molecule has 1 aliphatic heterocycles. The Bertz CT molecular complexity index is 742. The third-order valence-electron chi connectivity index (χ3n) is 4.74. The van der Waals surface area contributed by atoms with Crippen LogP contribution >= 0.6 is 11.8 Å². The number of halogens is 1. The highest BCUT2D eigenvalue weighted by Crippen LogP contribution is 2.39. The summed E-state index contributed by atoms with van der Waals surface area (Å²) in [5.41, 5.74) is 0.245. The number of rotatable bonds is 5. The average molecular weight is 378 g/mol. The summed E-state index contributed by atoms with van der Waals surface area (Å²) in [6.45, 7) is 10.6. The molecule has 0 aliphatic carbocycles. The second-order valence-electron chi connectivity index (χ2n) is 7.38. The Morgan fingerprint density at radius 2 is 1.73 bits per heavy atom. The van der Waals surface area contributed by atoms with Crippen LogP contribution in [0.15, 0.2) is 23.7 Å². The van der Waals surface area contributed by atoms with Gasteiger partial charge >= 0.3 is 7.12 Å². The number of carbonyl (C=O) groups excluding carboxylic acids is 2. The van der Waals surface area contributed by atoms with E-state index in [1.165, 1.54) is 32.0 Å². The lowest BCUT2D eigenvalue weighted by Crippen LogP contribution is -2.41. The van der Waals surface area contributed by atoms with Gasteiger partial charge in [0.15, 0.2) is 10.9 Å². The topological polar surface area (TPSA) is 52.6 Å². The Labute approximate surface area is 158 Å². The summed E-state index contributed by atoms with van der Waals surface area (Å²) in [5.74, 6) is -0.276. The summed E-state index contributed by atoms with van der Waals surface area (Å²) >= 11 is 1.11. The summed E-state index contributed by atoms with van der Waals surface area (Å²) in [7, 11) is -0.688. The molecular weight excluding hydrogens is 354 g/mol. The van der Waals surface area contributed by atoms with Gasteiger partial charge in [-0.1, -0.05) is 17.8 Å². The van der Waals surface area contributed by atoms with Gasteiger partial charge in [-0.05, 0) is 58.3 Å². The minimum absolute atomic E-state index is 0.0506. The van der Waals surface area contributed by atoms with E-state index < -0.39 is 24.1 Å². The zero-order valence-corrected chi connectivity index (χ0v) is 16.8. The predicted molar refractivity (Wildman–Crippen MR) is 104 cm³/mol. The molecule has 1 saturated heterocycles. The van der Waals surface area contributed by atoms with Crippen LogP contribution in [0, 0.1) is 5.82 Å². The summed E-state index contributed by atoms with van der Waals surface area (Å²) in [4.78, 5) is 23.0. The first-order chi connectivity index (χ1) is 11.9. The van der Waals surface area contributed by atoms with Crippen LogP contribution in [0.3, 0.4) is 0 Å². The van der Waals surface area contributed by atoms with Crippen molar-refractivity contribution in [2.75, 3.05) is 5.75 Å². The van der Waals surface area contributed by atoms with E-state index in [9.17, 15) is 14.0 Å². The lowest BCUT2D eigenvalue weighted by molar-refractivity contribution is -0.109. The molecule has 0 radical (unpaired) electrons. The van der Waals surface area contributed by atoms with Crippen LogP contribution in [0.4, 0.5) is 4.39 Å². The Hall–Kier alpha value is -1.44. The van der Waals surface area contributed by atoms with E-state index in [2.05, 4.69) is 0 Å². The van der Waals surface area contributed by atoms with Crippen molar-refractivity contribution < 1.29 is 23.3 Å². The molecule has 1 heterocycles. The van der Waals surface area contributed by atoms with Gasteiger partial charge in [0.1, 0.15) is 5.82 Å². The number of benzene rings is 1. The molecule has 7 heteroatoms. The standard InChI is InChI=1S/C19H24BFO4S/c1-12(22)14-7-8-17(21)15(9-14)10-16(11-26-13(2)23)20-24-18(3,4)19(5,6)25-20/h7-10H,11H2,1-6H3. The highest BCUT2D eigenvalue weighted by molar-refractivity contribution is 8.13. The van der Waals surface area contributed by atoms with E-state index in [0.717, 1.165) is 11.8 Å². The molecule has 140 valence electrons. The van der Waals surface area contributed by atoms with Crippen molar-refractivity contribution in [2.45, 2.75) is 52.7 Å². The van der Waals surface area contributed by atoms with Crippen molar-refractivity contribution in [1.29, 1.82) is 0 Å². The maximum atomic E-state index is 14.3. The molecule has 1 aromatic carbocycles. The fourth-order valence-corrected chi connectivity index (χ4v) is 3.02. The average Bonchev–Trinajstić information content (AvgIpc) is 2.72. The number of thioether (sulfide) groups is 1. The van der Waals surface area contributed by atoms with Gasteiger partial charge in [0.25, 0.3) is 0 Å². The van der Waals surface area contributed by atoms with Crippen molar-refractivity contribution >= 4 is 35.9 Å². The van der Waals surface area contributed by atoms with Gasteiger partial charge in [-0.2, -0.15) is 0 Å². The fourth-order valence-electron chi connectivity index (χ4n) is 2.43. The molecule has 0 spiro atoms. The number of ketones is 1. The van der Waals surface area contributed by atoms with E-state index in [-0.39, 0.29) is 16.5 Å². The largest absolute Gasteiger partial charge is 0.491 e. The first-order valence-electron chi connectivity index (χ1n) is 8.43. The van der Waals surface area contributed by atoms with Gasteiger partial charge in [-0.3, -0.25) is 9.59 Å². The first kappa shape index (κ1) is 20.9. The number of Topliss-reactive ketones (excluding diaryl/α,β-unsaturated/α-hetero) is 1. The summed E-state index contributed by atoms with van der Waals surface area (Å²) in [5, 5.41) is -0.0506. The SMILES string of the molecule is CC(=O)SCC(=Cc1cc(C(C)=O)ccc1F)B1OC(C)(C)C(C)(C)O1. The van der Waals surface area contributed by atoms with E-state index >= 15 is 0 Å². The van der Waals surface area contributed by atoms with Crippen LogP contribution < -0.4 is 0 Å². The second kappa shape index (κ2) is 7.67. The number of hydrogen-bond acceptors (Lipinski definition) is 5. The van der Waals surface area contributed by atoms with Gasteiger partial charge in [0.2, 0.25) is 0 Å². The van der Waals surface area contributed by atoms with Crippen LogP contribution in [0.25, 0.3) is 6.08 Å². The van der Waals surface area contributed by atoms with Gasteiger partial charge in [-0.25, -0.2) is 4.39 Å². The van der Waals surface area contributed by atoms with Crippen LogP contribution in [0.5, 0.6) is 0 Å². The molecule has 1 aromatic rings. The summed E-state index contributed by atoms with van der Waals surface area (Å²) < 4.78 is 26.4. The molecular formula is C19H24BFO4S. The van der Waals surface area contributed by atoms with E-state index in [0.29, 0.717) is 16.8 Å². The molecule has 1 fully saturated rings. The van der Waals surface area contributed by atoms with Crippen molar-refractivity contribution in [3.63, 3.8) is 0 Å². The Balaban J connectivity index is 2.42. The van der Waals surface area contributed by atoms with Gasteiger partial charge in [0.05, 0.1) is 11.2 Å². The Morgan fingerprint density at radius 1 is 1.15 bits per heavy atom. The summed E-state index contributed by atoms with van der Waals surface area (Å²) in [6.07, 6.45) is 1.61. The predicted octanol–water partition coefficient (Wildman–Crippen LogP) is 4.32. The van der Waals surface area contributed by atoms with Gasteiger partial charge < -0.3 is 9.31 Å². The molecule has 0 saturated carbocycles. The number of hydrogen-bond donors (Lipinski definition) is 0. The highest BCUT2D eigenvalue weighted by Gasteiger charge is 2.52. The van der Waals surface area contributed by atoms with Gasteiger partial charge in [-0.15, -0.1) is 0 Å². The first-order valence-corrected chi connectivity index (χ1v) is 9.41. The monoisotopic (exact) mass is 378 g/mol. The lowest BCUT2D eigenvalue weighted by Gasteiger charge is -2.32. The smallest absolute Gasteiger partial charge is 0.400 e. The molecule has 0 amide bonds. The van der Waals surface area contributed by atoms with E-state index in [4.69, 9.17) is 9.31 Å². The van der Waals surface area contributed by atoms with Gasteiger partial charge in [0, 0.05) is 23.8 Å². The third-order valence-corrected chi connectivity index (χ3v) is 5.63. The maximum absolute atomic E-state index is 14.3. The molecule has 26 heavy (non-hydrogen) atoms. The molecule has 2 rings (SSSR count). The molecule has 4 nitrogen and oxygen atoms in total. The minimum atomic E-state index is -0.688. The van der Waals surface area contributed by atoms with Crippen LogP contribution in [0.1, 0.15) is 57.5 Å². The molecule has 0 N–H and O–H groups in total. The summed E-state index contributed by atoms with van der Waals surface area (Å²) in [6, 6.07) is 4.22. The van der Waals surface area contributed by atoms with Crippen molar-refractivity contribution in [1.82, 2.24) is 0 Å². The van der Waals surface area contributed by atoms with Crippen LogP contribution in [0.2, 0.25) is 0 Å². The Morgan fingerprint density at radius 3 is 2.23 bits per heavy atom. The fraction of sp³-hybridized carbons (Fsp3) is 0.474.